The van der Waals surface area contributed by atoms with Crippen LogP contribution >= 0.6 is 11.8 Å². The number of aromatic nitrogens is 7. The number of fused-ring (bicyclic) bond motifs is 1. The lowest BCUT2D eigenvalue weighted by Crippen LogP contribution is -2.22. The van der Waals surface area contributed by atoms with Crippen LogP contribution < -0.4 is 5.56 Å². The van der Waals surface area contributed by atoms with Crippen LogP contribution in [0, 0.1) is 6.92 Å². The summed E-state index contributed by atoms with van der Waals surface area (Å²) >= 11 is 1.40. The van der Waals surface area contributed by atoms with Crippen molar-refractivity contribution in [3.8, 4) is 0 Å². The predicted molar refractivity (Wildman–Crippen MR) is 69.2 cm³/mol. The Morgan fingerprint density at radius 1 is 1.42 bits per heavy atom. The molecule has 0 amide bonds. The van der Waals surface area contributed by atoms with E-state index in [9.17, 15) is 4.79 Å². The van der Waals surface area contributed by atoms with Gasteiger partial charge in [0, 0.05) is 11.8 Å². The van der Waals surface area contributed by atoms with E-state index in [1.807, 2.05) is 17.7 Å². The molecule has 0 saturated carbocycles. The standard InChI is InChI=1S/C10H11N7OS/c1-7-3-8(18)17-10(13-9(14-17)19-2)16(7)6-15-5-11-4-12-15/h3-5H,6H2,1-2H3. The summed E-state index contributed by atoms with van der Waals surface area (Å²) in [5, 5.41) is 8.77. The second kappa shape index (κ2) is 4.50. The van der Waals surface area contributed by atoms with Crippen molar-refractivity contribution in [1.82, 2.24) is 33.9 Å². The molecule has 3 rings (SSSR count). The van der Waals surface area contributed by atoms with E-state index < -0.39 is 0 Å². The van der Waals surface area contributed by atoms with Gasteiger partial charge in [-0.3, -0.25) is 9.36 Å². The number of aryl methyl sites for hydroxylation is 1. The SMILES string of the molecule is CSc1nc2n(Cn3cncn3)c(C)cc(=O)n2n1. The number of nitrogens with zero attached hydrogens (tertiary/aromatic N) is 7. The van der Waals surface area contributed by atoms with Gasteiger partial charge in [0.2, 0.25) is 10.9 Å². The maximum Gasteiger partial charge on any atom is 0.275 e. The molecule has 3 aromatic rings. The van der Waals surface area contributed by atoms with Gasteiger partial charge in [0.15, 0.2) is 0 Å². The predicted octanol–water partition coefficient (Wildman–Crippen LogP) is 0.0186. The van der Waals surface area contributed by atoms with Crippen molar-refractivity contribution < 1.29 is 0 Å². The van der Waals surface area contributed by atoms with Gasteiger partial charge in [-0.1, -0.05) is 11.8 Å². The van der Waals surface area contributed by atoms with Gasteiger partial charge < -0.3 is 0 Å². The molecule has 0 N–H and O–H groups in total. The molecule has 0 unspecified atom stereocenters. The fourth-order valence-corrected chi connectivity index (χ4v) is 2.13. The maximum atomic E-state index is 11.9. The molecule has 9 heteroatoms. The van der Waals surface area contributed by atoms with Crippen molar-refractivity contribution in [2.24, 2.45) is 0 Å². The van der Waals surface area contributed by atoms with Crippen molar-refractivity contribution >= 4 is 17.5 Å². The van der Waals surface area contributed by atoms with Crippen LogP contribution in [0.1, 0.15) is 5.69 Å². The first-order valence-electron chi connectivity index (χ1n) is 5.52. The van der Waals surface area contributed by atoms with Crippen LogP contribution in [0.3, 0.4) is 0 Å². The van der Waals surface area contributed by atoms with Crippen LogP contribution in [0.15, 0.2) is 28.7 Å². The lowest BCUT2D eigenvalue weighted by Gasteiger charge is -2.10. The van der Waals surface area contributed by atoms with Gasteiger partial charge in [-0.2, -0.15) is 14.6 Å². The van der Waals surface area contributed by atoms with E-state index in [1.165, 1.54) is 28.7 Å². The molecule has 0 fully saturated rings. The van der Waals surface area contributed by atoms with Crippen molar-refractivity contribution in [3.63, 3.8) is 0 Å². The topological polar surface area (TPSA) is 82.9 Å². The van der Waals surface area contributed by atoms with E-state index >= 15 is 0 Å². The summed E-state index contributed by atoms with van der Waals surface area (Å²) in [6, 6.07) is 1.53. The highest BCUT2D eigenvalue weighted by Crippen LogP contribution is 2.11. The van der Waals surface area contributed by atoms with Crippen LogP contribution in [0.2, 0.25) is 0 Å². The minimum atomic E-state index is -0.185. The lowest BCUT2D eigenvalue weighted by molar-refractivity contribution is 0.535. The van der Waals surface area contributed by atoms with Gasteiger partial charge in [-0.15, -0.1) is 5.10 Å². The Labute approximate surface area is 112 Å². The Morgan fingerprint density at radius 3 is 2.95 bits per heavy atom. The van der Waals surface area contributed by atoms with Crippen molar-refractivity contribution in [3.05, 3.63) is 34.8 Å². The van der Waals surface area contributed by atoms with Crippen LogP contribution in [-0.2, 0) is 6.67 Å². The molecule has 0 aliphatic rings. The van der Waals surface area contributed by atoms with E-state index in [1.54, 1.807) is 11.0 Å². The van der Waals surface area contributed by atoms with E-state index in [2.05, 4.69) is 20.2 Å². The fraction of sp³-hybridized carbons (Fsp3) is 0.300. The number of hydrogen-bond donors (Lipinski definition) is 0. The third kappa shape index (κ3) is 2.01. The summed E-state index contributed by atoms with van der Waals surface area (Å²) in [4.78, 5) is 20.1. The number of hydrogen-bond acceptors (Lipinski definition) is 6. The largest absolute Gasteiger partial charge is 0.294 e. The zero-order chi connectivity index (χ0) is 13.4. The Bertz CT molecular complexity index is 773. The monoisotopic (exact) mass is 277 g/mol. The first-order valence-corrected chi connectivity index (χ1v) is 6.75. The summed E-state index contributed by atoms with van der Waals surface area (Å²) < 4.78 is 4.82. The molecule has 98 valence electrons. The smallest absolute Gasteiger partial charge is 0.275 e. The number of thioether (sulfide) groups is 1. The summed E-state index contributed by atoms with van der Waals surface area (Å²) in [7, 11) is 0. The molecular weight excluding hydrogens is 266 g/mol. The van der Waals surface area contributed by atoms with Gasteiger partial charge in [-0.25, -0.2) is 9.67 Å². The van der Waals surface area contributed by atoms with Crippen LogP contribution in [0.4, 0.5) is 0 Å². The van der Waals surface area contributed by atoms with Gasteiger partial charge >= 0.3 is 0 Å². The highest BCUT2D eigenvalue weighted by Gasteiger charge is 2.12. The van der Waals surface area contributed by atoms with E-state index in [0.29, 0.717) is 17.6 Å². The minimum Gasteiger partial charge on any atom is -0.294 e. The molecule has 0 aliphatic heterocycles. The Hall–Kier alpha value is -2.16. The molecule has 0 radical (unpaired) electrons. The quantitative estimate of drug-likeness (QED) is 0.628. The highest BCUT2D eigenvalue weighted by atomic mass is 32.2. The normalized spacial score (nSPS) is 11.3. The first kappa shape index (κ1) is 11.9. The second-order valence-corrected chi connectivity index (χ2v) is 4.71. The molecular formula is C10H11N7OS. The van der Waals surface area contributed by atoms with E-state index in [4.69, 9.17) is 0 Å². The molecule has 3 aromatic heterocycles. The Morgan fingerprint density at radius 2 is 2.26 bits per heavy atom. The number of rotatable bonds is 3. The maximum absolute atomic E-state index is 11.9. The fourth-order valence-electron chi connectivity index (χ4n) is 1.80. The summed E-state index contributed by atoms with van der Waals surface area (Å²) in [6.07, 6.45) is 4.94. The molecule has 3 heterocycles. The molecule has 0 aliphatic carbocycles. The van der Waals surface area contributed by atoms with Crippen molar-refractivity contribution in [1.29, 1.82) is 0 Å². The van der Waals surface area contributed by atoms with Crippen molar-refractivity contribution in [2.75, 3.05) is 6.26 Å². The first-order chi connectivity index (χ1) is 9.19. The molecule has 0 aromatic carbocycles. The third-order valence-corrected chi connectivity index (χ3v) is 3.25. The minimum absolute atomic E-state index is 0.185. The average molecular weight is 277 g/mol. The summed E-state index contributed by atoms with van der Waals surface area (Å²) in [6.45, 7) is 2.29. The second-order valence-electron chi connectivity index (χ2n) is 3.94. The van der Waals surface area contributed by atoms with Crippen LogP contribution in [0.5, 0.6) is 0 Å². The summed E-state index contributed by atoms with van der Waals surface area (Å²) in [5.41, 5.74) is 0.614. The molecule has 0 atom stereocenters. The zero-order valence-electron chi connectivity index (χ0n) is 10.4. The van der Waals surface area contributed by atoms with Gasteiger partial charge in [0.25, 0.3) is 5.56 Å². The van der Waals surface area contributed by atoms with Gasteiger partial charge in [0.1, 0.15) is 19.3 Å². The Balaban J connectivity index is 2.22. The zero-order valence-corrected chi connectivity index (χ0v) is 11.2. The molecule has 0 saturated heterocycles. The summed E-state index contributed by atoms with van der Waals surface area (Å²) in [5.74, 6) is 0.504. The van der Waals surface area contributed by atoms with E-state index in [0.717, 1.165) is 5.69 Å². The van der Waals surface area contributed by atoms with Crippen molar-refractivity contribution in [2.45, 2.75) is 18.7 Å². The van der Waals surface area contributed by atoms with E-state index in [-0.39, 0.29) is 5.56 Å². The lowest BCUT2D eigenvalue weighted by atomic mass is 10.4. The Kier molecular flexibility index (Phi) is 2.82. The average Bonchev–Trinajstić information content (AvgIpc) is 3.03. The molecule has 0 spiro atoms. The highest BCUT2D eigenvalue weighted by molar-refractivity contribution is 7.98. The van der Waals surface area contributed by atoms with Gasteiger partial charge in [-0.05, 0) is 13.2 Å². The molecule has 19 heavy (non-hydrogen) atoms. The third-order valence-electron chi connectivity index (χ3n) is 2.71. The molecule has 8 nitrogen and oxygen atoms in total. The van der Waals surface area contributed by atoms with Crippen LogP contribution in [-0.4, -0.2) is 40.2 Å². The van der Waals surface area contributed by atoms with Crippen LogP contribution in [0.25, 0.3) is 5.78 Å². The molecule has 0 bridgehead atoms. The van der Waals surface area contributed by atoms with Gasteiger partial charge in [0.05, 0.1) is 0 Å².